The second-order valence-corrected chi connectivity index (χ2v) is 7.53. The number of hydrogen-bond donors (Lipinski definition) is 2. The Hall–Kier alpha value is -2.36. The Labute approximate surface area is 169 Å². The number of ether oxygens (including phenoxy) is 1. The van der Waals surface area contributed by atoms with Crippen molar-refractivity contribution in [1.82, 2.24) is 5.32 Å². The van der Waals surface area contributed by atoms with Crippen LogP contribution in [0.1, 0.15) is 30.4 Å². The van der Waals surface area contributed by atoms with Crippen LogP contribution in [0.4, 0.5) is 13.6 Å². The first-order valence-corrected chi connectivity index (χ1v) is 10.1. The minimum absolute atomic E-state index is 0.0414. The van der Waals surface area contributed by atoms with Gasteiger partial charge in [-0.25, -0.2) is 13.6 Å². The molecule has 2 aromatic rings. The van der Waals surface area contributed by atoms with Crippen molar-refractivity contribution in [3.8, 4) is 0 Å². The molecule has 3 atom stereocenters. The van der Waals surface area contributed by atoms with Crippen LogP contribution in [0.5, 0.6) is 0 Å². The normalized spacial score (nSPS) is 21.4. The van der Waals surface area contributed by atoms with Gasteiger partial charge in [0.1, 0.15) is 18.2 Å². The molecule has 0 heterocycles. The molecule has 0 aliphatic heterocycles. The van der Waals surface area contributed by atoms with Crippen molar-refractivity contribution < 1.29 is 31.3 Å². The third-order valence-corrected chi connectivity index (χ3v) is 5.30. The van der Waals surface area contributed by atoms with E-state index in [9.17, 15) is 17.8 Å². The molecule has 156 valence electrons. The molecule has 1 saturated carbocycles. The predicted molar refractivity (Wildman–Crippen MR) is 102 cm³/mol. The molecule has 2 N–H and O–H groups in total. The molecule has 1 amide bonds. The molecule has 1 aliphatic rings. The summed E-state index contributed by atoms with van der Waals surface area (Å²) in [6.45, 7) is 0.0922. The van der Waals surface area contributed by atoms with Crippen LogP contribution in [0.15, 0.2) is 48.5 Å². The lowest BCUT2D eigenvalue weighted by Crippen LogP contribution is -2.37. The fraction of sp³-hybridized carbons (Fsp3) is 0.350. The van der Waals surface area contributed by atoms with E-state index in [0.29, 0.717) is 19.3 Å². The average Bonchev–Trinajstić information content (AvgIpc) is 3.39. The Bertz CT molecular complexity index is 882. The SMILES string of the molecule is O=C(N[C@]1(c2cc(F)ccc2F)C[C@H]1CCCOS(=O)O)OCc1ccccc1. The monoisotopic (exact) mass is 425 g/mol. The first kappa shape index (κ1) is 21.4. The maximum atomic E-state index is 14.4. The molecule has 1 aliphatic carbocycles. The van der Waals surface area contributed by atoms with Gasteiger partial charge in [0.15, 0.2) is 0 Å². The summed E-state index contributed by atoms with van der Waals surface area (Å²) < 4.78 is 57.2. The molecule has 1 fully saturated rings. The highest BCUT2D eigenvalue weighted by Crippen LogP contribution is 2.55. The summed E-state index contributed by atoms with van der Waals surface area (Å²) in [7, 11) is 0. The molecular weight excluding hydrogens is 404 g/mol. The number of carbonyl (C=O) groups excluding carboxylic acids is 1. The van der Waals surface area contributed by atoms with E-state index in [-0.39, 0.29) is 24.7 Å². The molecule has 6 nitrogen and oxygen atoms in total. The molecule has 0 bridgehead atoms. The highest BCUT2D eigenvalue weighted by atomic mass is 32.2. The van der Waals surface area contributed by atoms with Crippen LogP contribution >= 0.6 is 0 Å². The van der Waals surface area contributed by atoms with Crippen LogP contribution in [0.25, 0.3) is 0 Å². The van der Waals surface area contributed by atoms with E-state index >= 15 is 0 Å². The third kappa shape index (κ3) is 5.59. The quantitative estimate of drug-likeness (QED) is 0.468. The molecule has 1 unspecified atom stereocenters. The van der Waals surface area contributed by atoms with Crippen molar-refractivity contribution in [2.45, 2.75) is 31.4 Å². The largest absolute Gasteiger partial charge is 0.445 e. The topological polar surface area (TPSA) is 84.9 Å². The fourth-order valence-electron chi connectivity index (χ4n) is 3.47. The Kier molecular flexibility index (Phi) is 6.94. The molecule has 0 radical (unpaired) electrons. The summed E-state index contributed by atoms with van der Waals surface area (Å²) in [6, 6.07) is 12.2. The highest BCUT2D eigenvalue weighted by Gasteiger charge is 2.57. The maximum absolute atomic E-state index is 14.4. The Balaban J connectivity index is 1.68. The van der Waals surface area contributed by atoms with E-state index < -0.39 is 34.6 Å². The Morgan fingerprint density at radius 1 is 1.24 bits per heavy atom. The van der Waals surface area contributed by atoms with Crippen LogP contribution < -0.4 is 5.32 Å². The first-order valence-electron chi connectivity index (χ1n) is 9.09. The van der Waals surface area contributed by atoms with Crippen LogP contribution in [0.3, 0.4) is 0 Å². The van der Waals surface area contributed by atoms with Crippen LogP contribution in [0.2, 0.25) is 0 Å². The molecule has 3 rings (SSSR count). The Morgan fingerprint density at radius 2 is 2.00 bits per heavy atom. The predicted octanol–water partition coefficient (Wildman–Crippen LogP) is 4.04. The maximum Gasteiger partial charge on any atom is 0.408 e. The van der Waals surface area contributed by atoms with Crippen LogP contribution in [-0.4, -0.2) is 21.5 Å². The number of alkyl carbamates (subject to hydrolysis) is 1. The summed E-state index contributed by atoms with van der Waals surface area (Å²) in [4.78, 5) is 12.4. The number of amides is 1. The van der Waals surface area contributed by atoms with Gasteiger partial charge < -0.3 is 10.1 Å². The summed E-state index contributed by atoms with van der Waals surface area (Å²) >= 11 is -2.35. The molecule has 9 heteroatoms. The van der Waals surface area contributed by atoms with Crippen LogP contribution in [-0.2, 0) is 32.4 Å². The van der Waals surface area contributed by atoms with E-state index in [4.69, 9.17) is 9.29 Å². The van der Waals surface area contributed by atoms with Gasteiger partial charge in [-0.3, -0.25) is 8.74 Å². The van der Waals surface area contributed by atoms with Gasteiger partial charge in [-0.1, -0.05) is 30.3 Å². The van der Waals surface area contributed by atoms with Crippen molar-refractivity contribution in [1.29, 1.82) is 0 Å². The number of halogens is 2. The third-order valence-electron chi connectivity index (χ3n) is 4.93. The minimum Gasteiger partial charge on any atom is -0.445 e. The molecule has 0 aromatic heterocycles. The zero-order chi connectivity index (χ0) is 20.9. The van der Waals surface area contributed by atoms with Gasteiger partial charge in [0, 0.05) is 5.56 Å². The number of nitrogens with one attached hydrogen (secondary N) is 1. The van der Waals surface area contributed by atoms with Crippen molar-refractivity contribution in [2.75, 3.05) is 6.61 Å². The summed E-state index contributed by atoms with van der Waals surface area (Å²) in [5.74, 6) is -1.41. The summed E-state index contributed by atoms with van der Waals surface area (Å²) in [5.41, 5.74) is -0.223. The number of carbonyl (C=O) groups is 1. The molecule has 0 spiro atoms. The first-order chi connectivity index (χ1) is 13.9. The summed E-state index contributed by atoms with van der Waals surface area (Å²) in [6.07, 6.45) is 0.589. The van der Waals surface area contributed by atoms with Crippen molar-refractivity contribution in [3.05, 3.63) is 71.3 Å². The second kappa shape index (κ2) is 9.43. The summed E-state index contributed by atoms with van der Waals surface area (Å²) in [5, 5.41) is 2.70. The Morgan fingerprint density at radius 3 is 2.72 bits per heavy atom. The van der Waals surface area contributed by atoms with Gasteiger partial charge in [-0.05, 0) is 48.9 Å². The van der Waals surface area contributed by atoms with E-state index in [1.54, 1.807) is 12.1 Å². The average molecular weight is 425 g/mol. The molecule has 2 aromatic carbocycles. The second-order valence-electron chi connectivity index (χ2n) is 6.86. The van der Waals surface area contributed by atoms with Gasteiger partial charge in [0.25, 0.3) is 0 Å². The molecular formula is C20H21F2NO5S. The van der Waals surface area contributed by atoms with Crippen molar-refractivity contribution in [3.63, 3.8) is 0 Å². The van der Waals surface area contributed by atoms with E-state index in [2.05, 4.69) is 9.50 Å². The van der Waals surface area contributed by atoms with Crippen LogP contribution in [0, 0.1) is 17.6 Å². The van der Waals surface area contributed by atoms with E-state index in [1.807, 2.05) is 18.2 Å². The van der Waals surface area contributed by atoms with Gasteiger partial charge in [0.2, 0.25) is 0 Å². The van der Waals surface area contributed by atoms with Crippen molar-refractivity contribution in [2.24, 2.45) is 5.92 Å². The lowest BCUT2D eigenvalue weighted by atomic mass is 9.99. The van der Waals surface area contributed by atoms with E-state index in [0.717, 1.165) is 23.8 Å². The molecule has 29 heavy (non-hydrogen) atoms. The van der Waals surface area contributed by atoms with Gasteiger partial charge in [-0.2, -0.15) is 4.21 Å². The zero-order valence-electron chi connectivity index (χ0n) is 15.5. The van der Waals surface area contributed by atoms with Gasteiger partial charge >= 0.3 is 17.5 Å². The smallest absolute Gasteiger partial charge is 0.408 e. The van der Waals surface area contributed by atoms with Crippen molar-refractivity contribution >= 4 is 17.5 Å². The highest BCUT2D eigenvalue weighted by molar-refractivity contribution is 7.74. The van der Waals surface area contributed by atoms with E-state index in [1.165, 1.54) is 0 Å². The molecule has 0 saturated heterocycles. The van der Waals surface area contributed by atoms with Gasteiger partial charge in [0.05, 0.1) is 12.1 Å². The minimum atomic E-state index is -2.35. The zero-order valence-corrected chi connectivity index (χ0v) is 16.3. The lowest BCUT2D eigenvalue weighted by molar-refractivity contribution is 0.132. The number of hydrogen-bond acceptors (Lipinski definition) is 4. The van der Waals surface area contributed by atoms with Gasteiger partial charge in [-0.15, -0.1) is 0 Å². The number of rotatable bonds is 9. The lowest BCUT2D eigenvalue weighted by Gasteiger charge is -2.21. The number of benzene rings is 2. The fourth-order valence-corrected chi connectivity index (χ4v) is 3.73. The standard InChI is InChI=1S/C20H21F2NO5S/c21-16-8-9-18(22)17(11-16)20(12-15(20)7-4-10-28-29(25)26)23-19(24)27-13-14-5-2-1-3-6-14/h1-3,5-6,8-9,11,15H,4,7,10,12-13H2,(H,23,24)(H,25,26)/t15-,20-/m1/s1.